The number of fused-ring (bicyclic) bond motifs is 1. The molecule has 0 saturated heterocycles. The van der Waals surface area contributed by atoms with Crippen LogP contribution >= 0.6 is 11.6 Å². The van der Waals surface area contributed by atoms with Crippen LogP contribution < -0.4 is 5.43 Å². The fourth-order valence-corrected chi connectivity index (χ4v) is 4.43. The molecule has 32 heavy (non-hydrogen) atoms. The quantitative estimate of drug-likeness (QED) is 0.511. The van der Waals surface area contributed by atoms with E-state index in [1.165, 1.54) is 16.7 Å². The molecule has 0 aliphatic carbocycles. The Morgan fingerprint density at radius 1 is 1.25 bits per heavy atom. The average Bonchev–Trinajstić information content (AvgIpc) is 2.72. The minimum Gasteiger partial charge on any atom is -0.477 e. The van der Waals surface area contributed by atoms with Crippen LogP contribution in [0.5, 0.6) is 0 Å². The molecular formula is C22H21ClFNO6S. The molecule has 0 spiro atoms. The van der Waals surface area contributed by atoms with Crippen LogP contribution in [0.15, 0.2) is 47.4 Å². The first-order valence-corrected chi connectivity index (χ1v) is 12.1. The number of aromatic nitrogens is 1. The van der Waals surface area contributed by atoms with Crippen molar-refractivity contribution in [2.75, 3.05) is 18.6 Å². The lowest BCUT2D eigenvalue weighted by Crippen LogP contribution is -2.24. The highest BCUT2D eigenvalue weighted by molar-refractivity contribution is 7.90. The second-order valence-electron chi connectivity index (χ2n) is 7.58. The third-order valence-electron chi connectivity index (χ3n) is 5.18. The Morgan fingerprint density at radius 3 is 2.59 bits per heavy atom. The molecule has 0 fully saturated rings. The topological polar surface area (TPSA) is 114 Å². The molecule has 2 N–H and O–H groups in total. The second-order valence-corrected chi connectivity index (χ2v) is 10.2. The maximum atomic E-state index is 14.3. The van der Waals surface area contributed by atoms with Crippen molar-refractivity contribution in [1.29, 1.82) is 0 Å². The maximum Gasteiger partial charge on any atom is 0.341 e. The molecule has 2 aromatic carbocycles. The molecule has 1 atom stereocenters. The summed E-state index contributed by atoms with van der Waals surface area (Å²) in [6.07, 6.45) is 2.33. The predicted molar refractivity (Wildman–Crippen MR) is 120 cm³/mol. The summed E-state index contributed by atoms with van der Waals surface area (Å²) in [5.74, 6) is -2.25. The number of hydrogen-bond acceptors (Lipinski definition) is 5. The van der Waals surface area contributed by atoms with Crippen LogP contribution in [0.1, 0.15) is 33.9 Å². The van der Waals surface area contributed by atoms with E-state index in [4.69, 9.17) is 11.6 Å². The van der Waals surface area contributed by atoms with Gasteiger partial charge in [0.05, 0.1) is 28.9 Å². The van der Waals surface area contributed by atoms with Crippen molar-refractivity contribution in [2.45, 2.75) is 18.9 Å². The van der Waals surface area contributed by atoms with Crippen LogP contribution in [0.4, 0.5) is 4.39 Å². The first kappa shape index (κ1) is 23.9. The van der Waals surface area contributed by atoms with Gasteiger partial charge in [-0.25, -0.2) is 17.6 Å². The summed E-state index contributed by atoms with van der Waals surface area (Å²) in [6, 6.07) is 8.53. The lowest BCUT2D eigenvalue weighted by Gasteiger charge is -2.21. The molecule has 0 aliphatic heterocycles. The van der Waals surface area contributed by atoms with Gasteiger partial charge in [-0.1, -0.05) is 29.8 Å². The van der Waals surface area contributed by atoms with Crippen LogP contribution in [-0.2, 0) is 16.3 Å². The fourth-order valence-electron chi connectivity index (χ4n) is 3.54. The van der Waals surface area contributed by atoms with Gasteiger partial charge in [0.2, 0.25) is 5.43 Å². The Morgan fingerprint density at radius 2 is 1.97 bits per heavy atom. The van der Waals surface area contributed by atoms with Crippen molar-refractivity contribution in [2.24, 2.45) is 0 Å². The number of aliphatic hydroxyl groups is 1. The average molecular weight is 482 g/mol. The third kappa shape index (κ3) is 5.17. The summed E-state index contributed by atoms with van der Waals surface area (Å²) in [4.78, 5) is 24.5. The molecule has 0 radical (unpaired) electrons. The third-order valence-corrected chi connectivity index (χ3v) is 6.45. The van der Waals surface area contributed by atoms with E-state index in [9.17, 15) is 32.6 Å². The lowest BCUT2D eigenvalue weighted by molar-refractivity contribution is 0.0694. The number of nitrogens with zero attached hydrogens (tertiary/aromatic N) is 1. The van der Waals surface area contributed by atoms with E-state index >= 15 is 0 Å². The van der Waals surface area contributed by atoms with E-state index < -0.39 is 45.3 Å². The highest BCUT2D eigenvalue weighted by Crippen LogP contribution is 2.24. The smallest absolute Gasteiger partial charge is 0.341 e. The van der Waals surface area contributed by atoms with Gasteiger partial charge in [-0.3, -0.25) is 4.79 Å². The summed E-state index contributed by atoms with van der Waals surface area (Å²) < 4.78 is 38.8. The first-order valence-electron chi connectivity index (χ1n) is 9.64. The first-order chi connectivity index (χ1) is 15.0. The van der Waals surface area contributed by atoms with Gasteiger partial charge >= 0.3 is 5.97 Å². The van der Waals surface area contributed by atoms with E-state index in [-0.39, 0.29) is 29.0 Å². The minimum absolute atomic E-state index is 0.0296. The number of halogens is 2. The molecule has 0 saturated carbocycles. The van der Waals surface area contributed by atoms with E-state index in [1.54, 1.807) is 24.3 Å². The van der Waals surface area contributed by atoms with Gasteiger partial charge in [0, 0.05) is 24.3 Å². The molecule has 0 bridgehead atoms. The van der Waals surface area contributed by atoms with E-state index in [0.717, 1.165) is 12.5 Å². The Hall–Kier alpha value is -2.75. The van der Waals surface area contributed by atoms with Gasteiger partial charge in [-0.15, -0.1) is 0 Å². The molecule has 7 nitrogen and oxygen atoms in total. The zero-order valence-electron chi connectivity index (χ0n) is 17.1. The monoisotopic (exact) mass is 481 g/mol. The zero-order chi connectivity index (χ0) is 23.6. The molecule has 0 aliphatic rings. The number of rotatable bonds is 8. The Labute approximate surface area is 188 Å². The standard InChI is InChI=1S/C22H21ClFNO6S/c1-32(30,31)8-7-15(12-26)25-11-17(22(28)29)21(27)16-10-13(5-6-19(16)25)9-14-3-2-4-18(23)20(14)24/h2-6,10-11,15,26H,7-9,12H2,1H3,(H,28,29)/t15-/m0/s1. The van der Waals surface area contributed by atoms with Gasteiger partial charge in [0.15, 0.2) is 0 Å². The van der Waals surface area contributed by atoms with Crippen molar-refractivity contribution in [1.82, 2.24) is 4.57 Å². The van der Waals surface area contributed by atoms with Gasteiger partial charge < -0.3 is 14.8 Å². The molecule has 0 amide bonds. The number of carbonyl (C=O) groups is 1. The zero-order valence-corrected chi connectivity index (χ0v) is 18.7. The Kier molecular flexibility index (Phi) is 7.02. The molecule has 1 heterocycles. The molecule has 170 valence electrons. The highest BCUT2D eigenvalue weighted by atomic mass is 35.5. The summed E-state index contributed by atoms with van der Waals surface area (Å²) in [5.41, 5.74) is -0.0317. The number of aliphatic hydroxyl groups excluding tert-OH is 1. The van der Waals surface area contributed by atoms with Crippen LogP contribution in [0.25, 0.3) is 10.9 Å². The summed E-state index contributed by atoms with van der Waals surface area (Å²) in [6.45, 7) is -0.456. The normalized spacial score (nSPS) is 12.8. The fraction of sp³-hybridized carbons (Fsp3) is 0.273. The van der Waals surface area contributed by atoms with Crippen LogP contribution in [-0.4, -0.2) is 47.8 Å². The molecule has 10 heteroatoms. The number of pyridine rings is 1. The molecule has 0 unspecified atom stereocenters. The largest absolute Gasteiger partial charge is 0.477 e. The number of sulfone groups is 1. The SMILES string of the molecule is CS(=O)(=O)CC[C@@H](CO)n1cc(C(=O)O)c(=O)c2cc(Cc3cccc(Cl)c3F)ccc21. The maximum absolute atomic E-state index is 14.3. The number of aromatic carboxylic acids is 1. The van der Waals surface area contributed by atoms with Crippen molar-refractivity contribution >= 4 is 38.3 Å². The number of carboxylic acid groups (broad SMARTS) is 1. The highest BCUT2D eigenvalue weighted by Gasteiger charge is 2.20. The summed E-state index contributed by atoms with van der Waals surface area (Å²) in [7, 11) is -3.32. The van der Waals surface area contributed by atoms with E-state index in [0.29, 0.717) is 16.6 Å². The molecule has 3 rings (SSSR count). The summed E-state index contributed by atoms with van der Waals surface area (Å²) >= 11 is 5.83. The van der Waals surface area contributed by atoms with Crippen molar-refractivity contribution in [3.63, 3.8) is 0 Å². The van der Waals surface area contributed by atoms with Crippen molar-refractivity contribution in [3.05, 3.63) is 80.3 Å². The summed E-state index contributed by atoms with van der Waals surface area (Å²) in [5, 5.41) is 19.4. The predicted octanol–water partition coefficient (Wildman–Crippen LogP) is 3.05. The van der Waals surface area contributed by atoms with E-state index in [1.807, 2.05) is 0 Å². The van der Waals surface area contributed by atoms with Gasteiger partial charge in [0.1, 0.15) is 21.2 Å². The molecule has 3 aromatic rings. The minimum atomic E-state index is -3.32. The molecular weight excluding hydrogens is 461 g/mol. The number of hydrogen-bond donors (Lipinski definition) is 2. The van der Waals surface area contributed by atoms with Crippen molar-refractivity contribution < 1.29 is 27.8 Å². The lowest BCUT2D eigenvalue weighted by atomic mass is 10.0. The Balaban J connectivity index is 2.15. The van der Waals surface area contributed by atoms with Gasteiger partial charge in [0.25, 0.3) is 0 Å². The Bertz CT molecular complexity index is 1350. The van der Waals surface area contributed by atoms with Gasteiger partial charge in [-0.2, -0.15) is 0 Å². The number of carboxylic acids is 1. The van der Waals surface area contributed by atoms with Crippen LogP contribution in [0, 0.1) is 5.82 Å². The van der Waals surface area contributed by atoms with Crippen LogP contribution in [0.2, 0.25) is 5.02 Å². The van der Waals surface area contributed by atoms with Gasteiger partial charge in [-0.05, 0) is 35.7 Å². The van der Waals surface area contributed by atoms with Crippen molar-refractivity contribution in [3.8, 4) is 0 Å². The molecule has 1 aromatic heterocycles. The van der Waals surface area contributed by atoms with E-state index in [2.05, 4.69) is 0 Å². The number of benzene rings is 2. The second kappa shape index (κ2) is 9.40. The van der Waals surface area contributed by atoms with Crippen LogP contribution in [0.3, 0.4) is 0 Å².